The second-order valence-electron chi connectivity index (χ2n) is 5.78. The van der Waals surface area contributed by atoms with Crippen molar-refractivity contribution in [3.8, 4) is 0 Å². The first-order valence-corrected chi connectivity index (χ1v) is 7.81. The van der Waals surface area contributed by atoms with Gasteiger partial charge in [0.2, 0.25) is 0 Å². The Hall–Kier alpha value is -1.36. The van der Waals surface area contributed by atoms with Gasteiger partial charge in [-0.05, 0) is 18.6 Å². The Kier molecular flexibility index (Phi) is 4.58. The Balaban J connectivity index is 1.58. The van der Waals surface area contributed by atoms with Crippen LogP contribution in [0.15, 0.2) is 24.3 Å². The van der Waals surface area contributed by atoms with Crippen LogP contribution in [0.1, 0.15) is 11.3 Å². The van der Waals surface area contributed by atoms with Crippen LogP contribution in [0, 0.1) is 6.92 Å². The average molecular weight is 287 g/mol. The first-order chi connectivity index (χ1) is 10.3. The molecule has 0 bridgehead atoms. The third kappa shape index (κ3) is 3.12. The first-order valence-electron chi connectivity index (χ1n) is 7.81. The standard InChI is InChI=1S/C17H25N3O/c1-14-15-5-3-4-6-16(15)19(2)17(14)13-18-7-8-20-9-11-21-12-10-20/h3-6,18H,7-13H2,1-2H3. The van der Waals surface area contributed by atoms with Crippen molar-refractivity contribution >= 4 is 10.9 Å². The van der Waals surface area contributed by atoms with Gasteiger partial charge in [-0.2, -0.15) is 0 Å². The van der Waals surface area contributed by atoms with Gasteiger partial charge in [0.1, 0.15) is 0 Å². The second kappa shape index (κ2) is 6.60. The number of fused-ring (bicyclic) bond motifs is 1. The number of hydrogen-bond acceptors (Lipinski definition) is 3. The van der Waals surface area contributed by atoms with Crippen LogP contribution in [-0.4, -0.2) is 48.9 Å². The number of aryl methyl sites for hydroxylation is 2. The third-order valence-electron chi connectivity index (χ3n) is 4.51. The van der Waals surface area contributed by atoms with Crippen molar-refractivity contribution in [1.29, 1.82) is 0 Å². The largest absolute Gasteiger partial charge is 0.379 e. The minimum absolute atomic E-state index is 0.877. The molecule has 0 amide bonds. The third-order valence-corrected chi connectivity index (χ3v) is 4.51. The van der Waals surface area contributed by atoms with Gasteiger partial charge in [0.05, 0.1) is 13.2 Å². The number of rotatable bonds is 5. The van der Waals surface area contributed by atoms with Gasteiger partial charge in [-0.15, -0.1) is 0 Å². The summed E-state index contributed by atoms with van der Waals surface area (Å²) >= 11 is 0. The molecule has 3 rings (SSSR count). The summed E-state index contributed by atoms with van der Waals surface area (Å²) in [6.07, 6.45) is 0. The fourth-order valence-electron chi connectivity index (χ4n) is 3.16. The monoisotopic (exact) mass is 287 g/mol. The lowest BCUT2D eigenvalue weighted by Crippen LogP contribution is -2.40. The highest BCUT2D eigenvalue weighted by Gasteiger charge is 2.12. The van der Waals surface area contributed by atoms with Crippen LogP contribution in [0.5, 0.6) is 0 Å². The van der Waals surface area contributed by atoms with Gasteiger partial charge in [-0.1, -0.05) is 18.2 Å². The Morgan fingerprint density at radius 2 is 1.95 bits per heavy atom. The van der Waals surface area contributed by atoms with Crippen LogP contribution < -0.4 is 5.32 Å². The molecular weight excluding hydrogens is 262 g/mol. The van der Waals surface area contributed by atoms with Gasteiger partial charge < -0.3 is 14.6 Å². The lowest BCUT2D eigenvalue weighted by molar-refractivity contribution is 0.0384. The quantitative estimate of drug-likeness (QED) is 0.852. The van der Waals surface area contributed by atoms with Crippen LogP contribution in [-0.2, 0) is 18.3 Å². The summed E-state index contributed by atoms with van der Waals surface area (Å²) in [5.41, 5.74) is 4.10. The van der Waals surface area contributed by atoms with Crippen LogP contribution in [0.4, 0.5) is 0 Å². The fraction of sp³-hybridized carbons (Fsp3) is 0.529. The number of para-hydroxylation sites is 1. The van der Waals surface area contributed by atoms with Gasteiger partial charge >= 0.3 is 0 Å². The van der Waals surface area contributed by atoms with Crippen molar-refractivity contribution < 1.29 is 4.74 Å². The Morgan fingerprint density at radius 1 is 1.19 bits per heavy atom. The van der Waals surface area contributed by atoms with E-state index in [9.17, 15) is 0 Å². The van der Waals surface area contributed by atoms with Crippen molar-refractivity contribution in [1.82, 2.24) is 14.8 Å². The molecule has 2 aromatic rings. The molecule has 21 heavy (non-hydrogen) atoms. The number of morpholine rings is 1. The number of ether oxygens (including phenoxy) is 1. The summed E-state index contributed by atoms with van der Waals surface area (Å²) in [5.74, 6) is 0. The zero-order chi connectivity index (χ0) is 14.7. The Bertz CT molecular complexity index is 560. The molecule has 1 aromatic carbocycles. The molecule has 1 aliphatic rings. The van der Waals surface area contributed by atoms with E-state index in [1.807, 2.05) is 0 Å². The predicted octanol–water partition coefficient (Wildman–Crippen LogP) is 1.91. The normalized spacial score (nSPS) is 16.7. The van der Waals surface area contributed by atoms with E-state index >= 15 is 0 Å². The highest BCUT2D eigenvalue weighted by Crippen LogP contribution is 2.24. The van der Waals surface area contributed by atoms with Crippen LogP contribution in [0.25, 0.3) is 10.9 Å². The summed E-state index contributed by atoms with van der Waals surface area (Å²) in [5, 5.41) is 4.95. The molecule has 0 radical (unpaired) electrons. The number of nitrogens with zero attached hydrogens (tertiary/aromatic N) is 2. The van der Waals surface area contributed by atoms with Crippen molar-refractivity contribution in [2.24, 2.45) is 7.05 Å². The number of aromatic nitrogens is 1. The van der Waals surface area contributed by atoms with Gasteiger partial charge in [-0.25, -0.2) is 0 Å². The van der Waals surface area contributed by atoms with E-state index in [-0.39, 0.29) is 0 Å². The van der Waals surface area contributed by atoms with Gasteiger partial charge in [0, 0.05) is 56.4 Å². The predicted molar refractivity (Wildman–Crippen MR) is 86.6 cm³/mol. The highest BCUT2D eigenvalue weighted by molar-refractivity contribution is 5.85. The smallest absolute Gasteiger partial charge is 0.0594 e. The Labute approximate surface area is 126 Å². The molecule has 0 saturated carbocycles. The zero-order valence-corrected chi connectivity index (χ0v) is 13.1. The molecule has 4 heteroatoms. The van der Waals surface area contributed by atoms with Crippen LogP contribution in [0.3, 0.4) is 0 Å². The molecule has 4 nitrogen and oxygen atoms in total. The molecule has 1 aromatic heterocycles. The van der Waals surface area contributed by atoms with E-state index in [0.717, 1.165) is 45.9 Å². The number of benzene rings is 1. The fourth-order valence-corrected chi connectivity index (χ4v) is 3.16. The van der Waals surface area contributed by atoms with Crippen LogP contribution >= 0.6 is 0 Å². The SMILES string of the molecule is Cc1c(CNCCN2CCOCC2)n(C)c2ccccc12. The molecule has 1 N–H and O–H groups in total. The zero-order valence-electron chi connectivity index (χ0n) is 13.1. The van der Waals surface area contributed by atoms with E-state index in [4.69, 9.17) is 4.74 Å². The summed E-state index contributed by atoms with van der Waals surface area (Å²) in [7, 11) is 2.16. The topological polar surface area (TPSA) is 29.4 Å². The molecular formula is C17H25N3O. The second-order valence-corrected chi connectivity index (χ2v) is 5.78. The number of hydrogen-bond donors (Lipinski definition) is 1. The number of nitrogens with one attached hydrogen (secondary N) is 1. The average Bonchev–Trinajstić information content (AvgIpc) is 2.77. The van der Waals surface area contributed by atoms with Gasteiger partial charge in [0.15, 0.2) is 0 Å². The summed E-state index contributed by atoms with van der Waals surface area (Å²) in [6.45, 7) is 9.17. The van der Waals surface area contributed by atoms with E-state index < -0.39 is 0 Å². The molecule has 0 atom stereocenters. The first kappa shape index (κ1) is 14.6. The maximum Gasteiger partial charge on any atom is 0.0594 e. The summed E-state index contributed by atoms with van der Waals surface area (Å²) < 4.78 is 7.69. The highest BCUT2D eigenvalue weighted by atomic mass is 16.5. The van der Waals surface area contributed by atoms with E-state index in [1.165, 1.54) is 22.2 Å². The molecule has 1 fully saturated rings. The molecule has 1 saturated heterocycles. The summed E-state index contributed by atoms with van der Waals surface area (Å²) in [6, 6.07) is 8.63. The van der Waals surface area contributed by atoms with E-state index in [0.29, 0.717) is 0 Å². The van der Waals surface area contributed by atoms with Crippen molar-refractivity contribution in [3.63, 3.8) is 0 Å². The van der Waals surface area contributed by atoms with Crippen molar-refractivity contribution in [3.05, 3.63) is 35.5 Å². The molecule has 1 aliphatic heterocycles. The van der Waals surface area contributed by atoms with Crippen molar-refractivity contribution in [2.75, 3.05) is 39.4 Å². The minimum atomic E-state index is 0.877. The van der Waals surface area contributed by atoms with E-state index in [2.05, 4.69) is 53.0 Å². The lowest BCUT2D eigenvalue weighted by atomic mass is 10.1. The maximum atomic E-state index is 5.38. The van der Waals surface area contributed by atoms with Gasteiger partial charge in [0.25, 0.3) is 0 Å². The lowest BCUT2D eigenvalue weighted by Gasteiger charge is -2.26. The van der Waals surface area contributed by atoms with E-state index in [1.54, 1.807) is 0 Å². The summed E-state index contributed by atoms with van der Waals surface area (Å²) in [4.78, 5) is 2.46. The molecule has 0 unspecified atom stereocenters. The maximum absolute atomic E-state index is 5.38. The van der Waals surface area contributed by atoms with Gasteiger partial charge in [-0.3, -0.25) is 4.90 Å². The van der Waals surface area contributed by atoms with Crippen molar-refractivity contribution in [2.45, 2.75) is 13.5 Å². The minimum Gasteiger partial charge on any atom is -0.379 e. The molecule has 0 aliphatic carbocycles. The van der Waals surface area contributed by atoms with Crippen LogP contribution in [0.2, 0.25) is 0 Å². The molecule has 0 spiro atoms. The molecule has 114 valence electrons. The Morgan fingerprint density at radius 3 is 2.71 bits per heavy atom. The molecule has 2 heterocycles.